The molecule has 3 aromatic carbocycles. The van der Waals surface area contributed by atoms with Gasteiger partial charge in [-0.25, -0.2) is 19.3 Å². The quantitative estimate of drug-likeness (QED) is 0.196. The van der Waals surface area contributed by atoms with Crippen molar-refractivity contribution in [2.75, 3.05) is 31.2 Å². The standard InChI is InChI=1S/C27H22F4N4O.H5N3/c28-22-8-4-18(5-9-22)16-24-32-25(19-6-10-23(11-7-19)35-12-14-36-15-13-35)34-26(33-24)20-2-1-3-21(17-20)27(29,30)31;1-3-2/h1-11,17H,12-16H2;3H,1-2H2. The van der Waals surface area contributed by atoms with E-state index in [0.717, 1.165) is 36.5 Å². The summed E-state index contributed by atoms with van der Waals surface area (Å²) in [5.74, 6) is 9.25. The van der Waals surface area contributed by atoms with Crippen molar-refractivity contribution in [1.82, 2.24) is 20.5 Å². The fraction of sp³-hybridized carbons (Fsp3) is 0.222. The van der Waals surface area contributed by atoms with Gasteiger partial charge >= 0.3 is 6.18 Å². The Morgan fingerprint density at radius 3 is 2.05 bits per heavy atom. The molecule has 0 atom stereocenters. The van der Waals surface area contributed by atoms with Gasteiger partial charge in [-0.2, -0.15) is 18.7 Å². The van der Waals surface area contributed by atoms with E-state index >= 15 is 0 Å². The lowest BCUT2D eigenvalue weighted by atomic mass is 10.1. The van der Waals surface area contributed by atoms with Crippen LogP contribution in [-0.4, -0.2) is 41.3 Å². The first-order valence-corrected chi connectivity index (χ1v) is 12.0. The minimum absolute atomic E-state index is 0.139. The van der Waals surface area contributed by atoms with E-state index < -0.39 is 11.7 Å². The van der Waals surface area contributed by atoms with Crippen molar-refractivity contribution in [3.8, 4) is 22.8 Å². The summed E-state index contributed by atoms with van der Waals surface area (Å²) in [6.45, 7) is 2.93. The average molecular weight is 542 g/mol. The van der Waals surface area contributed by atoms with E-state index in [1.165, 1.54) is 24.3 Å². The predicted molar refractivity (Wildman–Crippen MR) is 139 cm³/mol. The first-order chi connectivity index (χ1) is 18.8. The van der Waals surface area contributed by atoms with Crippen molar-refractivity contribution in [2.45, 2.75) is 12.6 Å². The number of hydrazine groups is 2. The summed E-state index contributed by atoms with van der Waals surface area (Å²) in [6.07, 6.45) is -4.22. The molecule has 0 aliphatic carbocycles. The zero-order chi connectivity index (χ0) is 27.8. The van der Waals surface area contributed by atoms with Crippen molar-refractivity contribution >= 4 is 5.69 Å². The Bertz CT molecular complexity index is 1360. The maximum atomic E-state index is 13.4. The number of halogens is 4. The van der Waals surface area contributed by atoms with E-state index in [1.807, 2.05) is 24.3 Å². The molecule has 39 heavy (non-hydrogen) atoms. The van der Waals surface area contributed by atoms with Gasteiger partial charge in [0.05, 0.1) is 18.8 Å². The summed E-state index contributed by atoms with van der Waals surface area (Å²) in [6, 6.07) is 18.6. The van der Waals surface area contributed by atoms with Crippen LogP contribution in [-0.2, 0) is 17.3 Å². The van der Waals surface area contributed by atoms with E-state index in [1.54, 1.807) is 17.7 Å². The van der Waals surface area contributed by atoms with Crippen LogP contribution in [0, 0.1) is 5.82 Å². The summed E-state index contributed by atoms with van der Waals surface area (Å²) in [4.78, 5) is 15.8. The molecule has 0 amide bonds. The van der Waals surface area contributed by atoms with Crippen molar-refractivity contribution < 1.29 is 22.3 Å². The second kappa shape index (κ2) is 12.7. The van der Waals surface area contributed by atoms with E-state index in [0.29, 0.717) is 30.4 Å². The Balaban J connectivity index is 0.00000112. The van der Waals surface area contributed by atoms with Crippen LogP contribution in [0.15, 0.2) is 72.8 Å². The largest absolute Gasteiger partial charge is 0.416 e. The Kier molecular flexibility index (Phi) is 9.15. The van der Waals surface area contributed by atoms with Gasteiger partial charge in [-0.1, -0.05) is 24.3 Å². The van der Waals surface area contributed by atoms with Crippen molar-refractivity contribution in [3.63, 3.8) is 0 Å². The number of aromatic nitrogens is 3. The molecule has 1 aliphatic heterocycles. The predicted octanol–water partition coefficient (Wildman–Crippen LogP) is 4.11. The monoisotopic (exact) mass is 541 g/mol. The Hall–Kier alpha value is -3.97. The van der Waals surface area contributed by atoms with E-state index in [9.17, 15) is 17.6 Å². The lowest BCUT2D eigenvalue weighted by molar-refractivity contribution is -0.137. The number of nitrogens with one attached hydrogen (secondary N) is 1. The molecule has 1 saturated heterocycles. The zero-order valence-electron chi connectivity index (χ0n) is 20.8. The van der Waals surface area contributed by atoms with Gasteiger partial charge in [0.1, 0.15) is 11.6 Å². The maximum absolute atomic E-state index is 13.4. The third-order valence-corrected chi connectivity index (χ3v) is 5.91. The van der Waals surface area contributed by atoms with Crippen LogP contribution in [0.3, 0.4) is 0 Å². The number of rotatable bonds is 5. The fourth-order valence-corrected chi connectivity index (χ4v) is 4.02. The van der Waals surface area contributed by atoms with Gasteiger partial charge < -0.3 is 9.64 Å². The van der Waals surface area contributed by atoms with Gasteiger partial charge in [0.2, 0.25) is 0 Å². The third-order valence-electron chi connectivity index (χ3n) is 5.91. The lowest BCUT2D eigenvalue weighted by Crippen LogP contribution is -2.36. The highest BCUT2D eigenvalue weighted by atomic mass is 19.4. The highest BCUT2D eigenvalue weighted by molar-refractivity contribution is 5.64. The Morgan fingerprint density at radius 2 is 1.44 bits per heavy atom. The molecule has 0 saturated carbocycles. The summed E-state index contributed by atoms with van der Waals surface area (Å²) >= 11 is 0. The van der Waals surface area contributed by atoms with E-state index in [2.05, 4.69) is 31.5 Å². The number of hydrogen-bond donors (Lipinski definition) is 3. The highest BCUT2D eigenvalue weighted by Gasteiger charge is 2.30. The number of morpholine rings is 1. The topological polar surface area (TPSA) is 115 Å². The molecule has 5 N–H and O–H groups in total. The second-order valence-electron chi connectivity index (χ2n) is 8.59. The molecule has 0 spiro atoms. The van der Waals surface area contributed by atoms with Crippen molar-refractivity contribution in [2.24, 2.45) is 11.7 Å². The molecule has 0 unspecified atom stereocenters. The number of nitrogens with zero attached hydrogens (tertiary/aromatic N) is 4. The number of alkyl halides is 3. The minimum atomic E-state index is -4.49. The molecule has 1 fully saturated rings. The number of anilines is 1. The van der Waals surface area contributed by atoms with Crippen LogP contribution in [0.5, 0.6) is 0 Å². The van der Waals surface area contributed by atoms with Crippen LogP contribution in [0.1, 0.15) is 17.0 Å². The molecule has 8 nitrogen and oxygen atoms in total. The Labute approximate surface area is 222 Å². The zero-order valence-corrected chi connectivity index (χ0v) is 20.8. The second-order valence-corrected chi connectivity index (χ2v) is 8.59. The third kappa shape index (κ3) is 7.54. The normalized spacial score (nSPS) is 13.5. The molecule has 2 heterocycles. The van der Waals surface area contributed by atoms with Crippen LogP contribution < -0.4 is 22.1 Å². The van der Waals surface area contributed by atoms with Gasteiger partial charge in [-0.15, -0.1) is 0 Å². The summed E-state index contributed by atoms with van der Waals surface area (Å²) in [5, 5.41) is 0. The lowest BCUT2D eigenvalue weighted by Gasteiger charge is -2.28. The summed E-state index contributed by atoms with van der Waals surface area (Å²) < 4.78 is 58.7. The molecule has 0 bridgehead atoms. The SMILES string of the molecule is Fc1ccc(Cc2nc(-c3ccc(N4CCOCC4)cc3)nc(-c3cccc(C(F)(F)F)c3)n2)cc1.NNN. The van der Waals surface area contributed by atoms with Crippen LogP contribution >= 0.6 is 0 Å². The van der Waals surface area contributed by atoms with E-state index in [4.69, 9.17) is 4.74 Å². The molecule has 0 radical (unpaired) electrons. The molecule has 12 heteroatoms. The summed E-state index contributed by atoms with van der Waals surface area (Å²) in [7, 11) is 0. The Morgan fingerprint density at radius 1 is 0.821 bits per heavy atom. The van der Waals surface area contributed by atoms with Gasteiger partial charge in [0, 0.05) is 36.3 Å². The van der Waals surface area contributed by atoms with Gasteiger partial charge in [0.25, 0.3) is 0 Å². The highest BCUT2D eigenvalue weighted by Crippen LogP contribution is 2.32. The van der Waals surface area contributed by atoms with E-state index in [-0.39, 0.29) is 23.6 Å². The molecule has 4 aromatic rings. The molecule has 1 aromatic heterocycles. The molecule has 204 valence electrons. The molecular weight excluding hydrogens is 514 g/mol. The average Bonchev–Trinajstić information content (AvgIpc) is 2.95. The summed E-state index contributed by atoms with van der Waals surface area (Å²) in [5.41, 5.74) is 3.73. The van der Waals surface area contributed by atoms with Crippen LogP contribution in [0.2, 0.25) is 0 Å². The molecular formula is C27H27F4N7O. The maximum Gasteiger partial charge on any atom is 0.416 e. The number of nitrogens with two attached hydrogens (primary N) is 2. The number of benzene rings is 3. The smallest absolute Gasteiger partial charge is 0.378 e. The first-order valence-electron chi connectivity index (χ1n) is 12.0. The molecule has 1 aliphatic rings. The van der Waals surface area contributed by atoms with Gasteiger partial charge in [-0.3, -0.25) is 11.7 Å². The van der Waals surface area contributed by atoms with Crippen LogP contribution in [0.4, 0.5) is 23.2 Å². The van der Waals surface area contributed by atoms with Crippen molar-refractivity contribution in [3.05, 3.63) is 95.6 Å². The number of ether oxygens (including phenoxy) is 1. The van der Waals surface area contributed by atoms with Gasteiger partial charge in [-0.05, 0) is 54.1 Å². The number of hydrogen-bond acceptors (Lipinski definition) is 8. The van der Waals surface area contributed by atoms with Crippen molar-refractivity contribution in [1.29, 1.82) is 0 Å². The first kappa shape index (κ1) is 28.0. The fourth-order valence-electron chi connectivity index (χ4n) is 4.02. The minimum Gasteiger partial charge on any atom is -0.378 e. The van der Waals surface area contributed by atoms with Crippen LogP contribution in [0.25, 0.3) is 22.8 Å². The van der Waals surface area contributed by atoms with Gasteiger partial charge in [0.15, 0.2) is 11.6 Å². The molecule has 5 rings (SSSR count).